The molecule has 0 bridgehead atoms. The highest BCUT2D eigenvalue weighted by Crippen LogP contribution is 2.39. The van der Waals surface area contributed by atoms with Crippen LogP contribution in [0.4, 0.5) is 0 Å². The van der Waals surface area contributed by atoms with Crippen LogP contribution in [0.2, 0.25) is 0 Å². The van der Waals surface area contributed by atoms with E-state index in [2.05, 4.69) is 47.9 Å². The van der Waals surface area contributed by atoms with Gasteiger partial charge in [-0.05, 0) is 23.1 Å². The van der Waals surface area contributed by atoms with Crippen molar-refractivity contribution >= 4 is 0 Å². The molecule has 3 aromatic carbocycles. The van der Waals surface area contributed by atoms with E-state index in [-0.39, 0.29) is 11.6 Å². The summed E-state index contributed by atoms with van der Waals surface area (Å²) in [6.07, 6.45) is 0.0541. The zero-order chi connectivity index (χ0) is 21.1. The Labute approximate surface area is 179 Å². The fraction of sp³-hybridized carbons (Fsp3) is 0.308. The number of hydrogen-bond acceptors (Lipinski definition) is 4. The van der Waals surface area contributed by atoms with Gasteiger partial charge in [-0.15, -0.1) is 0 Å². The van der Waals surface area contributed by atoms with E-state index in [0.29, 0.717) is 24.6 Å². The fourth-order valence-corrected chi connectivity index (χ4v) is 4.61. The molecule has 3 aromatic rings. The second-order valence-electron chi connectivity index (χ2n) is 9.02. The Hall–Kier alpha value is -2.82. The standard InChI is InChI=1S/C26H30N2O2/c1-26(2)18-27(16-21-12-6-8-14-23(21)29)25(20-10-4-3-5-11-20)28(19-26)17-22-13-7-9-15-24(22)30/h3-15,25,29-30H,16-19H2,1-2H3. The zero-order valence-corrected chi connectivity index (χ0v) is 17.7. The molecule has 0 saturated carbocycles. The summed E-state index contributed by atoms with van der Waals surface area (Å²) in [6.45, 7) is 7.71. The maximum Gasteiger partial charge on any atom is 0.120 e. The van der Waals surface area contributed by atoms with Crippen molar-refractivity contribution in [1.82, 2.24) is 9.80 Å². The smallest absolute Gasteiger partial charge is 0.120 e. The Balaban J connectivity index is 1.73. The number of aromatic hydroxyl groups is 2. The summed E-state index contributed by atoms with van der Waals surface area (Å²) in [6, 6.07) is 25.7. The number of phenolic OH excluding ortho intramolecular Hbond substituents is 2. The molecule has 1 heterocycles. The maximum absolute atomic E-state index is 10.4. The second-order valence-corrected chi connectivity index (χ2v) is 9.02. The van der Waals surface area contributed by atoms with Gasteiger partial charge in [0.05, 0.1) is 6.17 Å². The Bertz CT molecular complexity index is 928. The van der Waals surface area contributed by atoms with Gasteiger partial charge in [0.1, 0.15) is 11.5 Å². The summed E-state index contributed by atoms with van der Waals surface area (Å²) in [5.41, 5.74) is 3.15. The first-order chi connectivity index (χ1) is 14.4. The Morgan fingerprint density at radius 1 is 0.700 bits per heavy atom. The number of hydrogen-bond donors (Lipinski definition) is 2. The zero-order valence-electron chi connectivity index (χ0n) is 17.7. The lowest BCUT2D eigenvalue weighted by molar-refractivity contribution is -0.0666. The molecule has 30 heavy (non-hydrogen) atoms. The minimum atomic E-state index is 0.0541. The van der Waals surface area contributed by atoms with Crippen LogP contribution in [0.1, 0.15) is 36.7 Å². The van der Waals surface area contributed by atoms with Crippen LogP contribution in [-0.2, 0) is 13.1 Å². The number of nitrogens with zero attached hydrogens (tertiary/aromatic N) is 2. The molecule has 156 valence electrons. The van der Waals surface area contributed by atoms with Crippen LogP contribution in [0.3, 0.4) is 0 Å². The van der Waals surface area contributed by atoms with Gasteiger partial charge in [0.25, 0.3) is 0 Å². The molecule has 0 atom stereocenters. The van der Waals surface area contributed by atoms with Crippen molar-refractivity contribution in [3.8, 4) is 11.5 Å². The van der Waals surface area contributed by atoms with Crippen LogP contribution in [0.5, 0.6) is 11.5 Å². The molecule has 0 radical (unpaired) electrons. The van der Waals surface area contributed by atoms with Gasteiger partial charge in [-0.3, -0.25) is 9.80 Å². The first-order valence-electron chi connectivity index (χ1n) is 10.5. The minimum Gasteiger partial charge on any atom is -0.508 e. The van der Waals surface area contributed by atoms with Crippen LogP contribution >= 0.6 is 0 Å². The van der Waals surface area contributed by atoms with Gasteiger partial charge in [-0.2, -0.15) is 0 Å². The third kappa shape index (κ3) is 4.50. The van der Waals surface area contributed by atoms with Crippen molar-refractivity contribution in [2.45, 2.75) is 33.1 Å². The van der Waals surface area contributed by atoms with Gasteiger partial charge in [0.15, 0.2) is 0 Å². The average molecular weight is 403 g/mol. The molecule has 1 fully saturated rings. The van der Waals surface area contributed by atoms with Gasteiger partial charge in [0.2, 0.25) is 0 Å². The summed E-state index contributed by atoms with van der Waals surface area (Å²) in [5, 5.41) is 20.8. The van der Waals surface area contributed by atoms with E-state index in [1.807, 2.05) is 42.5 Å². The lowest BCUT2D eigenvalue weighted by atomic mass is 9.87. The van der Waals surface area contributed by atoms with Gasteiger partial charge >= 0.3 is 0 Å². The molecular formula is C26H30N2O2. The predicted molar refractivity (Wildman–Crippen MR) is 120 cm³/mol. The first-order valence-corrected chi connectivity index (χ1v) is 10.5. The van der Waals surface area contributed by atoms with E-state index in [9.17, 15) is 10.2 Å². The van der Waals surface area contributed by atoms with E-state index >= 15 is 0 Å². The Morgan fingerprint density at radius 3 is 1.60 bits per heavy atom. The van der Waals surface area contributed by atoms with E-state index in [4.69, 9.17) is 0 Å². The molecule has 4 rings (SSSR count). The molecule has 0 amide bonds. The molecular weight excluding hydrogens is 372 g/mol. The number of benzene rings is 3. The molecule has 1 aliphatic heterocycles. The van der Waals surface area contributed by atoms with Crippen molar-refractivity contribution < 1.29 is 10.2 Å². The molecule has 0 aromatic heterocycles. The SMILES string of the molecule is CC1(C)CN(Cc2ccccc2O)C(c2ccccc2)N(Cc2ccccc2O)C1. The van der Waals surface area contributed by atoms with Crippen LogP contribution in [0, 0.1) is 5.41 Å². The van der Waals surface area contributed by atoms with Crippen molar-refractivity contribution in [1.29, 1.82) is 0 Å². The van der Waals surface area contributed by atoms with E-state index < -0.39 is 0 Å². The summed E-state index contributed by atoms with van der Waals surface area (Å²) in [7, 11) is 0. The molecule has 0 aliphatic carbocycles. The minimum absolute atomic E-state index is 0.0541. The van der Waals surface area contributed by atoms with Crippen LogP contribution in [0.25, 0.3) is 0 Å². The van der Waals surface area contributed by atoms with Crippen molar-refractivity contribution in [2.24, 2.45) is 5.41 Å². The molecule has 0 spiro atoms. The molecule has 4 heteroatoms. The molecule has 1 saturated heterocycles. The summed E-state index contributed by atoms with van der Waals surface area (Å²) in [5.74, 6) is 0.667. The quantitative estimate of drug-likeness (QED) is 0.620. The Kier molecular flexibility index (Phi) is 5.80. The summed E-state index contributed by atoms with van der Waals surface area (Å²) in [4.78, 5) is 4.88. The van der Waals surface area contributed by atoms with Crippen LogP contribution < -0.4 is 0 Å². The van der Waals surface area contributed by atoms with Gasteiger partial charge < -0.3 is 10.2 Å². The molecule has 1 aliphatic rings. The van der Waals surface area contributed by atoms with Crippen molar-refractivity contribution in [2.75, 3.05) is 13.1 Å². The highest BCUT2D eigenvalue weighted by molar-refractivity contribution is 5.33. The lowest BCUT2D eigenvalue weighted by Crippen LogP contribution is -2.54. The third-order valence-electron chi connectivity index (χ3n) is 5.78. The number of rotatable bonds is 5. The molecule has 4 nitrogen and oxygen atoms in total. The topological polar surface area (TPSA) is 46.9 Å². The largest absolute Gasteiger partial charge is 0.508 e. The molecule has 0 unspecified atom stereocenters. The lowest BCUT2D eigenvalue weighted by Gasteiger charge is -2.51. The Morgan fingerprint density at radius 2 is 1.13 bits per heavy atom. The van der Waals surface area contributed by atoms with Gasteiger partial charge in [-0.25, -0.2) is 0 Å². The van der Waals surface area contributed by atoms with Crippen LogP contribution in [-0.4, -0.2) is 33.1 Å². The predicted octanol–water partition coefficient (Wildman–Crippen LogP) is 5.14. The third-order valence-corrected chi connectivity index (χ3v) is 5.78. The summed E-state index contributed by atoms with van der Waals surface area (Å²) < 4.78 is 0. The van der Waals surface area contributed by atoms with Crippen molar-refractivity contribution in [3.63, 3.8) is 0 Å². The number of para-hydroxylation sites is 2. The second kappa shape index (κ2) is 8.50. The molecule has 2 N–H and O–H groups in total. The highest BCUT2D eigenvalue weighted by atomic mass is 16.3. The van der Waals surface area contributed by atoms with Gasteiger partial charge in [-0.1, -0.05) is 80.6 Å². The monoisotopic (exact) mass is 402 g/mol. The normalized spacial score (nSPS) is 17.8. The highest BCUT2D eigenvalue weighted by Gasteiger charge is 2.39. The van der Waals surface area contributed by atoms with E-state index in [1.54, 1.807) is 12.1 Å². The van der Waals surface area contributed by atoms with Gasteiger partial charge in [0, 0.05) is 37.3 Å². The van der Waals surface area contributed by atoms with E-state index in [1.165, 1.54) is 5.56 Å². The van der Waals surface area contributed by atoms with Crippen molar-refractivity contribution in [3.05, 3.63) is 95.6 Å². The summed E-state index contributed by atoms with van der Waals surface area (Å²) >= 11 is 0. The maximum atomic E-state index is 10.4. The van der Waals surface area contributed by atoms with Crippen LogP contribution in [0.15, 0.2) is 78.9 Å². The first kappa shape index (κ1) is 20.5. The fourth-order valence-electron chi connectivity index (χ4n) is 4.61. The average Bonchev–Trinajstić information content (AvgIpc) is 2.71. The number of phenols is 2. The van der Waals surface area contributed by atoms with E-state index in [0.717, 1.165) is 24.2 Å².